The fraction of sp³-hybridized carbons (Fsp3) is 0.556. The summed E-state index contributed by atoms with van der Waals surface area (Å²) >= 11 is 0. The molecule has 0 atom stereocenters. The topological polar surface area (TPSA) is 64.6 Å². The van der Waals surface area contributed by atoms with Crippen LogP contribution in [0.2, 0.25) is 0 Å². The number of rotatable bonds is 2. The highest BCUT2D eigenvalue weighted by molar-refractivity contribution is 5.82. The summed E-state index contributed by atoms with van der Waals surface area (Å²) in [5, 5.41) is 2.26. The summed E-state index contributed by atoms with van der Waals surface area (Å²) in [4.78, 5) is 21.6. The van der Waals surface area contributed by atoms with Gasteiger partial charge in [0.25, 0.3) is 0 Å². The van der Waals surface area contributed by atoms with Crippen LogP contribution >= 0.6 is 0 Å². The van der Waals surface area contributed by atoms with Crippen LogP contribution in [0.1, 0.15) is 20.8 Å². The molecule has 1 amide bonds. The predicted octanol–water partition coefficient (Wildman–Crippen LogP) is 1.20. The molecule has 0 aromatic carbocycles. The van der Waals surface area contributed by atoms with Gasteiger partial charge in [0, 0.05) is 12.3 Å². The summed E-state index contributed by atoms with van der Waals surface area (Å²) in [5.41, 5.74) is -0.552. The van der Waals surface area contributed by atoms with Crippen LogP contribution in [0.15, 0.2) is 12.3 Å². The smallest absolute Gasteiger partial charge is 0.411 e. The molecule has 1 N–H and O–H groups in total. The van der Waals surface area contributed by atoms with E-state index < -0.39 is 17.7 Å². The average molecular weight is 201 g/mol. The summed E-state index contributed by atoms with van der Waals surface area (Å²) in [7, 11) is 1.25. The number of alkyl carbamates (subject to hydrolysis) is 1. The molecule has 0 aromatic rings. The van der Waals surface area contributed by atoms with E-state index in [9.17, 15) is 9.59 Å². The van der Waals surface area contributed by atoms with Crippen molar-refractivity contribution >= 4 is 12.1 Å². The largest absolute Gasteiger partial charge is 0.466 e. The van der Waals surface area contributed by atoms with Crippen LogP contribution in [0.4, 0.5) is 4.79 Å². The zero-order valence-corrected chi connectivity index (χ0v) is 8.79. The van der Waals surface area contributed by atoms with E-state index in [1.807, 2.05) is 0 Å². The van der Waals surface area contributed by atoms with Gasteiger partial charge in [0.2, 0.25) is 0 Å². The molecule has 0 aliphatic rings. The summed E-state index contributed by atoms with van der Waals surface area (Å²) < 4.78 is 9.21. The number of carbonyl (C=O) groups excluding carboxylic acids is 2. The quantitative estimate of drug-likeness (QED) is 0.538. The third-order valence-electron chi connectivity index (χ3n) is 1.02. The van der Waals surface area contributed by atoms with Crippen molar-refractivity contribution in [1.29, 1.82) is 0 Å². The number of esters is 1. The number of methoxy groups -OCH3 is 1. The zero-order chi connectivity index (χ0) is 11.2. The van der Waals surface area contributed by atoms with E-state index >= 15 is 0 Å². The van der Waals surface area contributed by atoms with Gasteiger partial charge >= 0.3 is 12.1 Å². The van der Waals surface area contributed by atoms with Crippen LogP contribution in [0.3, 0.4) is 0 Å². The first-order valence-electron chi connectivity index (χ1n) is 4.09. The maximum absolute atomic E-state index is 11.0. The van der Waals surface area contributed by atoms with E-state index in [0.29, 0.717) is 0 Å². The fourth-order valence-electron chi connectivity index (χ4n) is 0.553. The number of ether oxygens (including phenoxy) is 2. The number of carbonyl (C=O) groups is 2. The average Bonchev–Trinajstić information content (AvgIpc) is 2.00. The molecule has 5 heteroatoms. The van der Waals surface area contributed by atoms with Crippen LogP contribution in [0, 0.1) is 0 Å². The lowest BCUT2D eigenvalue weighted by Crippen LogP contribution is -2.29. The van der Waals surface area contributed by atoms with Crippen LogP contribution in [0.25, 0.3) is 0 Å². The summed E-state index contributed by atoms with van der Waals surface area (Å²) in [6, 6.07) is 0. The van der Waals surface area contributed by atoms with Gasteiger partial charge in [-0.15, -0.1) is 0 Å². The summed E-state index contributed by atoms with van der Waals surface area (Å²) in [6.07, 6.45) is 1.64. The van der Waals surface area contributed by atoms with Crippen molar-refractivity contribution in [3.05, 3.63) is 12.3 Å². The SMILES string of the molecule is COC(=O)C=CNC(=O)OC(C)(C)C. The minimum absolute atomic E-state index is 0.541. The molecule has 80 valence electrons. The molecule has 0 heterocycles. The maximum Gasteiger partial charge on any atom is 0.411 e. The van der Waals surface area contributed by atoms with Crippen molar-refractivity contribution in [3.63, 3.8) is 0 Å². The normalized spacial score (nSPS) is 11.1. The number of amides is 1. The van der Waals surface area contributed by atoms with Gasteiger partial charge in [-0.1, -0.05) is 0 Å². The van der Waals surface area contributed by atoms with Gasteiger partial charge in [0.05, 0.1) is 7.11 Å². The molecule has 5 nitrogen and oxygen atoms in total. The molecular formula is C9H15NO4. The lowest BCUT2D eigenvalue weighted by atomic mass is 10.2. The van der Waals surface area contributed by atoms with Crippen molar-refractivity contribution in [2.75, 3.05) is 7.11 Å². The standard InChI is InChI=1S/C9H15NO4/c1-9(2,3)14-8(12)10-6-5-7(11)13-4/h5-6H,1-4H3,(H,10,12). The summed E-state index contributed by atoms with van der Waals surface area (Å²) in [5.74, 6) is -0.541. The molecular weight excluding hydrogens is 186 g/mol. The number of nitrogens with one attached hydrogen (secondary N) is 1. The third-order valence-corrected chi connectivity index (χ3v) is 1.02. The van der Waals surface area contributed by atoms with Gasteiger partial charge in [0.15, 0.2) is 0 Å². The van der Waals surface area contributed by atoms with Crippen molar-refractivity contribution in [2.24, 2.45) is 0 Å². The Balaban J connectivity index is 3.86. The van der Waals surface area contributed by atoms with E-state index in [2.05, 4.69) is 10.1 Å². The van der Waals surface area contributed by atoms with E-state index in [0.717, 1.165) is 6.08 Å². The molecule has 0 aromatic heterocycles. The first-order chi connectivity index (χ1) is 6.35. The van der Waals surface area contributed by atoms with E-state index in [1.165, 1.54) is 13.3 Å². The molecule has 0 fully saturated rings. The van der Waals surface area contributed by atoms with Crippen molar-refractivity contribution in [1.82, 2.24) is 5.32 Å². The first kappa shape index (κ1) is 12.5. The highest BCUT2D eigenvalue weighted by Crippen LogP contribution is 2.06. The van der Waals surface area contributed by atoms with Gasteiger partial charge in [-0.05, 0) is 20.8 Å². The van der Waals surface area contributed by atoms with Crippen LogP contribution in [-0.2, 0) is 14.3 Å². The Bertz CT molecular complexity index is 240. The van der Waals surface area contributed by atoms with E-state index in [1.54, 1.807) is 20.8 Å². The molecule has 14 heavy (non-hydrogen) atoms. The maximum atomic E-state index is 11.0. The molecule has 0 aliphatic carbocycles. The second-order valence-corrected chi connectivity index (χ2v) is 3.50. The Morgan fingerprint density at radius 2 is 1.86 bits per heavy atom. The lowest BCUT2D eigenvalue weighted by Gasteiger charge is -2.18. The predicted molar refractivity (Wildman–Crippen MR) is 50.5 cm³/mol. The lowest BCUT2D eigenvalue weighted by molar-refractivity contribution is -0.134. The molecule has 0 unspecified atom stereocenters. The molecule has 0 aliphatic heterocycles. The molecule has 0 rings (SSSR count). The molecule has 0 saturated carbocycles. The minimum atomic E-state index is -0.613. The third kappa shape index (κ3) is 7.15. The monoisotopic (exact) mass is 201 g/mol. The minimum Gasteiger partial charge on any atom is -0.466 e. The van der Waals surface area contributed by atoms with Crippen molar-refractivity contribution in [3.8, 4) is 0 Å². The summed E-state index contributed by atoms with van der Waals surface area (Å²) in [6.45, 7) is 5.24. The second kappa shape index (κ2) is 5.26. The van der Waals surface area contributed by atoms with Gasteiger partial charge in [-0.2, -0.15) is 0 Å². The van der Waals surface area contributed by atoms with Crippen molar-refractivity contribution < 1.29 is 19.1 Å². The fourth-order valence-corrected chi connectivity index (χ4v) is 0.553. The molecule has 0 bridgehead atoms. The van der Waals surface area contributed by atoms with Crippen LogP contribution in [0.5, 0.6) is 0 Å². The number of hydrogen-bond donors (Lipinski definition) is 1. The second-order valence-electron chi connectivity index (χ2n) is 3.50. The van der Waals surface area contributed by atoms with Gasteiger partial charge in [0.1, 0.15) is 5.60 Å². The van der Waals surface area contributed by atoms with Gasteiger partial charge in [-0.25, -0.2) is 9.59 Å². The van der Waals surface area contributed by atoms with Crippen molar-refractivity contribution in [2.45, 2.75) is 26.4 Å². The Kier molecular flexibility index (Phi) is 4.69. The first-order valence-corrected chi connectivity index (χ1v) is 4.09. The Hall–Kier alpha value is -1.52. The van der Waals surface area contributed by atoms with Crippen LogP contribution < -0.4 is 5.32 Å². The highest BCUT2D eigenvalue weighted by atomic mass is 16.6. The molecule has 0 spiro atoms. The van der Waals surface area contributed by atoms with Gasteiger partial charge < -0.3 is 9.47 Å². The Morgan fingerprint density at radius 1 is 1.29 bits per heavy atom. The van der Waals surface area contributed by atoms with E-state index in [-0.39, 0.29) is 0 Å². The Labute approximate surface area is 83.1 Å². The highest BCUT2D eigenvalue weighted by Gasteiger charge is 2.14. The zero-order valence-electron chi connectivity index (χ0n) is 8.79. The van der Waals surface area contributed by atoms with Gasteiger partial charge in [-0.3, -0.25) is 5.32 Å². The number of hydrogen-bond acceptors (Lipinski definition) is 4. The van der Waals surface area contributed by atoms with E-state index in [4.69, 9.17) is 4.74 Å². The molecule has 0 radical (unpaired) electrons. The molecule has 0 saturated heterocycles. The van der Waals surface area contributed by atoms with Crippen LogP contribution in [-0.4, -0.2) is 24.8 Å². The Morgan fingerprint density at radius 3 is 2.29 bits per heavy atom.